The first kappa shape index (κ1) is 13.3. The van der Waals surface area contributed by atoms with E-state index in [0.717, 1.165) is 0 Å². The fourth-order valence-corrected chi connectivity index (χ4v) is 2.76. The van der Waals surface area contributed by atoms with Crippen molar-refractivity contribution in [2.24, 2.45) is 0 Å². The lowest BCUT2D eigenvalue weighted by atomic mass is 10.2. The Labute approximate surface area is 120 Å². The lowest BCUT2D eigenvalue weighted by Gasteiger charge is -2.06. The second-order valence-electron chi connectivity index (χ2n) is 4.35. The van der Waals surface area contributed by atoms with Crippen LogP contribution in [0.3, 0.4) is 0 Å². The van der Waals surface area contributed by atoms with E-state index in [4.69, 9.17) is 0 Å². The highest BCUT2D eigenvalue weighted by Gasteiger charge is 2.16. The van der Waals surface area contributed by atoms with Crippen LogP contribution in [-0.4, -0.2) is 33.8 Å². The summed E-state index contributed by atoms with van der Waals surface area (Å²) in [6, 6.07) is 8.22. The van der Waals surface area contributed by atoms with Crippen LogP contribution in [0.1, 0.15) is 5.82 Å². The summed E-state index contributed by atoms with van der Waals surface area (Å²) in [5.74, 6) is 1.20. The number of nitrogens with zero attached hydrogens (tertiary/aromatic N) is 3. The van der Waals surface area contributed by atoms with E-state index in [0.29, 0.717) is 22.9 Å². The summed E-state index contributed by atoms with van der Waals surface area (Å²) in [7, 11) is -3.68. The van der Waals surface area contributed by atoms with Crippen molar-refractivity contribution < 1.29 is 8.42 Å². The maximum Gasteiger partial charge on any atom is 0.278 e. The topological polar surface area (TPSA) is 116 Å². The van der Waals surface area contributed by atoms with Gasteiger partial charge in [-0.2, -0.15) is 18.6 Å². The number of sulfonamides is 1. The first-order valence-corrected chi connectivity index (χ1v) is 7.54. The third kappa shape index (κ3) is 2.77. The fourth-order valence-electron chi connectivity index (χ4n) is 1.80. The molecule has 0 aliphatic carbocycles. The molecule has 9 heteroatoms. The van der Waals surface area contributed by atoms with Crippen LogP contribution in [0, 0.1) is 6.92 Å². The molecule has 0 bridgehead atoms. The zero-order valence-electron chi connectivity index (χ0n) is 11.0. The van der Waals surface area contributed by atoms with E-state index < -0.39 is 10.0 Å². The Hall–Kier alpha value is -2.68. The lowest BCUT2D eigenvalue weighted by molar-refractivity contribution is 0.597. The number of anilines is 1. The molecule has 2 aromatic heterocycles. The normalized spacial score (nSPS) is 11.5. The maximum atomic E-state index is 12.1. The number of rotatable bonds is 4. The van der Waals surface area contributed by atoms with Gasteiger partial charge in [0.05, 0.1) is 6.20 Å². The molecule has 0 unspecified atom stereocenters. The summed E-state index contributed by atoms with van der Waals surface area (Å²) >= 11 is 0. The average molecular weight is 304 g/mol. The lowest BCUT2D eigenvalue weighted by Crippen LogP contribution is -2.13. The Kier molecular flexibility index (Phi) is 3.18. The highest BCUT2D eigenvalue weighted by atomic mass is 32.2. The van der Waals surface area contributed by atoms with Gasteiger partial charge in [0, 0.05) is 11.3 Å². The molecule has 1 aromatic carbocycles. The number of aryl methyl sites for hydroxylation is 1. The molecule has 0 amide bonds. The summed E-state index contributed by atoms with van der Waals surface area (Å²) < 4.78 is 26.7. The molecule has 3 aromatic rings. The molecule has 0 saturated carbocycles. The number of benzene rings is 1. The van der Waals surface area contributed by atoms with Gasteiger partial charge in [-0.05, 0) is 25.1 Å². The Morgan fingerprint density at radius 3 is 2.71 bits per heavy atom. The largest absolute Gasteiger partial charge is 0.278 e. The Bertz CT molecular complexity index is 854. The molecule has 3 N–H and O–H groups in total. The summed E-state index contributed by atoms with van der Waals surface area (Å²) in [6.07, 6.45) is 1.38. The number of hydrogen-bond acceptors (Lipinski definition) is 5. The third-order valence-corrected chi connectivity index (χ3v) is 4.05. The van der Waals surface area contributed by atoms with Gasteiger partial charge in [-0.1, -0.05) is 12.1 Å². The Morgan fingerprint density at radius 2 is 2.05 bits per heavy atom. The predicted molar refractivity (Wildman–Crippen MR) is 76.0 cm³/mol. The van der Waals surface area contributed by atoms with Crippen LogP contribution in [-0.2, 0) is 10.0 Å². The molecule has 0 aliphatic rings. The van der Waals surface area contributed by atoms with E-state index in [-0.39, 0.29) is 5.03 Å². The highest BCUT2D eigenvalue weighted by molar-refractivity contribution is 7.92. The van der Waals surface area contributed by atoms with Gasteiger partial charge in [0.15, 0.2) is 10.9 Å². The van der Waals surface area contributed by atoms with E-state index in [1.54, 1.807) is 31.2 Å². The molecule has 3 rings (SSSR count). The van der Waals surface area contributed by atoms with Crippen molar-refractivity contribution in [3.63, 3.8) is 0 Å². The number of hydrogen-bond donors (Lipinski definition) is 3. The maximum absolute atomic E-state index is 12.1. The summed E-state index contributed by atoms with van der Waals surface area (Å²) in [5, 5.41) is 12.8. The number of aromatic amines is 2. The molecule has 8 nitrogen and oxygen atoms in total. The van der Waals surface area contributed by atoms with Crippen LogP contribution in [0.15, 0.2) is 41.6 Å². The van der Waals surface area contributed by atoms with Gasteiger partial charge in [0.2, 0.25) is 0 Å². The van der Waals surface area contributed by atoms with Gasteiger partial charge >= 0.3 is 0 Å². The second kappa shape index (κ2) is 5.02. The molecule has 0 aliphatic heterocycles. The van der Waals surface area contributed by atoms with Crippen LogP contribution in [0.4, 0.5) is 5.69 Å². The molecule has 0 saturated heterocycles. The van der Waals surface area contributed by atoms with Gasteiger partial charge in [0.1, 0.15) is 5.82 Å². The SMILES string of the molecule is Cc1nc(-c2cccc(NS(=O)(=O)c3ccn[nH]3)c2)n[nH]1. The molecule has 2 heterocycles. The van der Waals surface area contributed by atoms with Crippen LogP contribution in [0.5, 0.6) is 0 Å². The van der Waals surface area contributed by atoms with Crippen LogP contribution in [0.25, 0.3) is 11.4 Å². The van der Waals surface area contributed by atoms with Crippen LogP contribution < -0.4 is 4.72 Å². The van der Waals surface area contributed by atoms with Gasteiger partial charge in [0.25, 0.3) is 10.0 Å². The Morgan fingerprint density at radius 1 is 1.19 bits per heavy atom. The fraction of sp³-hybridized carbons (Fsp3) is 0.0833. The quantitative estimate of drug-likeness (QED) is 0.672. The van der Waals surface area contributed by atoms with Gasteiger partial charge in [-0.25, -0.2) is 4.98 Å². The van der Waals surface area contributed by atoms with Crippen molar-refractivity contribution in [3.8, 4) is 11.4 Å². The minimum atomic E-state index is -3.68. The van der Waals surface area contributed by atoms with Crippen LogP contribution in [0.2, 0.25) is 0 Å². The Balaban J connectivity index is 1.91. The van der Waals surface area contributed by atoms with Gasteiger partial charge in [-0.3, -0.25) is 14.9 Å². The van der Waals surface area contributed by atoms with Crippen LogP contribution >= 0.6 is 0 Å². The summed E-state index contributed by atoms with van der Waals surface area (Å²) in [4.78, 5) is 4.21. The highest BCUT2D eigenvalue weighted by Crippen LogP contribution is 2.21. The van der Waals surface area contributed by atoms with Crippen molar-refractivity contribution in [1.82, 2.24) is 25.4 Å². The van der Waals surface area contributed by atoms with Crippen molar-refractivity contribution >= 4 is 15.7 Å². The first-order valence-electron chi connectivity index (χ1n) is 6.06. The second-order valence-corrected chi connectivity index (χ2v) is 6.00. The third-order valence-electron chi connectivity index (χ3n) is 2.73. The monoisotopic (exact) mass is 304 g/mol. The van der Waals surface area contributed by atoms with E-state index in [1.807, 2.05) is 0 Å². The van der Waals surface area contributed by atoms with E-state index >= 15 is 0 Å². The minimum Gasteiger partial charge on any atom is -0.278 e. The molecular formula is C12H12N6O2S. The van der Waals surface area contributed by atoms with Gasteiger partial charge < -0.3 is 0 Å². The van der Waals surface area contributed by atoms with E-state index in [2.05, 4.69) is 30.1 Å². The van der Waals surface area contributed by atoms with Crippen molar-refractivity contribution in [3.05, 3.63) is 42.4 Å². The van der Waals surface area contributed by atoms with Gasteiger partial charge in [-0.15, -0.1) is 0 Å². The predicted octanol–water partition coefficient (Wildman–Crippen LogP) is 1.30. The zero-order valence-corrected chi connectivity index (χ0v) is 11.8. The zero-order chi connectivity index (χ0) is 14.9. The summed E-state index contributed by atoms with van der Waals surface area (Å²) in [6.45, 7) is 1.79. The molecule has 21 heavy (non-hydrogen) atoms. The minimum absolute atomic E-state index is 0.00152. The molecular weight excluding hydrogens is 292 g/mol. The molecule has 0 atom stereocenters. The number of H-pyrrole nitrogens is 2. The first-order chi connectivity index (χ1) is 10.0. The summed E-state index contributed by atoms with van der Waals surface area (Å²) in [5.41, 5.74) is 1.13. The number of aromatic nitrogens is 5. The molecule has 0 spiro atoms. The number of nitrogens with one attached hydrogen (secondary N) is 3. The molecule has 108 valence electrons. The van der Waals surface area contributed by atoms with E-state index in [1.165, 1.54) is 12.3 Å². The standard InChI is InChI=1S/C12H12N6O2S/c1-8-14-12(17-15-8)9-3-2-4-10(7-9)18-21(19,20)11-5-6-13-16-11/h2-7,18H,1H3,(H,13,16)(H,14,15,17). The smallest absolute Gasteiger partial charge is 0.278 e. The average Bonchev–Trinajstić information content (AvgIpc) is 3.09. The van der Waals surface area contributed by atoms with Crippen molar-refractivity contribution in [2.45, 2.75) is 11.9 Å². The molecule has 0 radical (unpaired) electrons. The molecule has 0 fully saturated rings. The van der Waals surface area contributed by atoms with Crippen molar-refractivity contribution in [2.75, 3.05) is 4.72 Å². The van der Waals surface area contributed by atoms with Crippen molar-refractivity contribution in [1.29, 1.82) is 0 Å². The van der Waals surface area contributed by atoms with E-state index in [9.17, 15) is 8.42 Å².